The zero-order valence-corrected chi connectivity index (χ0v) is 17.1. The van der Waals surface area contributed by atoms with Crippen LogP contribution in [0.4, 0.5) is 0 Å². The predicted molar refractivity (Wildman–Crippen MR) is 103 cm³/mol. The second-order valence-electron chi connectivity index (χ2n) is 9.64. The first kappa shape index (κ1) is 18.7. The lowest BCUT2D eigenvalue weighted by Gasteiger charge is -2.54. The molecule has 0 aromatic carbocycles. The smallest absolute Gasteiger partial charge is 0.171 e. The van der Waals surface area contributed by atoms with Gasteiger partial charge in [-0.25, -0.2) is 0 Å². The second kappa shape index (κ2) is 6.74. The molecule has 0 radical (unpaired) electrons. The molecule has 0 amide bonds. The van der Waals surface area contributed by atoms with E-state index in [0.29, 0.717) is 11.8 Å². The van der Waals surface area contributed by atoms with Gasteiger partial charge in [0.1, 0.15) is 6.29 Å². The van der Waals surface area contributed by atoms with E-state index in [-0.39, 0.29) is 5.41 Å². The summed E-state index contributed by atoms with van der Waals surface area (Å²) in [5, 5.41) is 0. The molecule has 3 heteroatoms. The van der Waals surface area contributed by atoms with Gasteiger partial charge in [-0.2, -0.15) is 0 Å². The van der Waals surface area contributed by atoms with E-state index < -0.39 is 5.79 Å². The number of carbonyl (C=O) groups is 1. The van der Waals surface area contributed by atoms with E-state index in [1.54, 1.807) is 25.4 Å². The van der Waals surface area contributed by atoms with Crippen LogP contribution in [0.3, 0.4) is 0 Å². The minimum atomic E-state index is -0.411. The molecule has 4 rings (SSSR count). The molecular formula is C23H36O3. The average molecular weight is 361 g/mol. The molecule has 0 bridgehead atoms. The molecule has 2 saturated carbocycles. The van der Waals surface area contributed by atoms with Crippen LogP contribution < -0.4 is 0 Å². The highest BCUT2D eigenvalue weighted by molar-refractivity contribution is 5.56. The third-order valence-electron chi connectivity index (χ3n) is 8.98. The Morgan fingerprint density at radius 3 is 2.58 bits per heavy atom. The van der Waals surface area contributed by atoms with E-state index >= 15 is 0 Å². The monoisotopic (exact) mass is 360 g/mol. The Balaban J connectivity index is 1.66. The third kappa shape index (κ3) is 2.57. The fraction of sp³-hybridized carbons (Fsp3) is 0.870. The van der Waals surface area contributed by atoms with Gasteiger partial charge in [0.05, 0.1) is 0 Å². The summed E-state index contributed by atoms with van der Waals surface area (Å²) in [7, 11) is 3.61. The molecule has 146 valence electrons. The van der Waals surface area contributed by atoms with E-state index in [9.17, 15) is 4.79 Å². The van der Waals surface area contributed by atoms with Crippen LogP contribution in [0.2, 0.25) is 0 Å². The maximum absolute atomic E-state index is 11.7. The van der Waals surface area contributed by atoms with Crippen molar-refractivity contribution >= 4 is 6.29 Å². The van der Waals surface area contributed by atoms with Crippen molar-refractivity contribution in [3.63, 3.8) is 0 Å². The molecule has 0 aromatic heterocycles. The van der Waals surface area contributed by atoms with Gasteiger partial charge in [0.2, 0.25) is 0 Å². The molecular weight excluding hydrogens is 324 g/mol. The number of fused-ring (bicyclic) bond motifs is 4. The van der Waals surface area contributed by atoms with Crippen LogP contribution in [-0.2, 0) is 14.3 Å². The van der Waals surface area contributed by atoms with Crippen LogP contribution in [0, 0.1) is 35.0 Å². The van der Waals surface area contributed by atoms with Crippen molar-refractivity contribution in [1.29, 1.82) is 0 Å². The average Bonchev–Trinajstić information content (AvgIpc) is 3.03. The first-order valence-electron chi connectivity index (χ1n) is 10.8. The van der Waals surface area contributed by atoms with E-state index in [4.69, 9.17) is 9.47 Å². The van der Waals surface area contributed by atoms with E-state index in [0.717, 1.165) is 37.0 Å². The predicted octanol–water partition coefficient (Wildman–Crippen LogP) is 5.14. The first-order valence-corrected chi connectivity index (χ1v) is 10.8. The number of allylic oxidation sites excluding steroid dienone is 1. The number of hydrogen-bond donors (Lipinski definition) is 0. The van der Waals surface area contributed by atoms with Crippen molar-refractivity contribution in [3.8, 4) is 0 Å². The summed E-state index contributed by atoms with van der Waals surface area (Å²) in [5.41, 5.74) is 3.69. The Kier molecular flexibility index (Phi) is 4.84. The van der Waals surface area contributed by atoms with Crippen LogP contribution in [0.1, 0.15) is 71.6 Å². The van der Waals surface area contributed by atoms with Gasteiger partial charge in [0, 0.05) is 33.0 Å². The molecule has 4 aliphatic carbocycles. The van der Waals surface area contributed by atoms with Crippen molar-refractivity contribution in [1.82, 2.24) is 0 Å². The van der Waals surface area contributed by atoms with Gasteiger partial charge >= 0.3 is 0 Å². The summed E-state index contributed by atoms with van der Waals surface area (Å²) in [6.45, 7) is 4.74. The van der Waals surface area contributed by atoms with Crippen LogP contribution >= 0.6 is 0 Å². The maximum atomic E-state index is 11.7. The quantitative estimate of drug-likeness (QED) is 0.395. The summed E-state index contributed by atoms with van der Waals surface area (Å²) >= 11 is 0. The zero-order chi connectivity index (χ0) is 18.5. The van der Waals surface area contributed by atoms with Gasteiger partial charge in [0.15, 0.2) is 5.79 Å². The molecule has 2 unspecified atom stereocenters. The van der Waals surface area contributed by atoms with Gasteiger partial charge in [-0.05, 0) is 74.0 Å². The number of rotatable bonds is 4. The maximum Gasteiger partial charge on any atom is 0.171 e. The van der Waals surface area contributed by atoms with Crippen molar-refractivity contribution in [3.05, 3.63) is 11.1 Å². The lowest BCUT2D eigenvalue weighted by Crippen LogP contribution is -2.48. The molecule has 0 saturated heterocycles. The van der Waals surface area contributed by atoms with Gasteiger partial charge in [-0.3, -0.25) is 0 Å². The highest BCUT2D eigenvalue weighted by Gasteiger charge is 2.56. The summed E-state index contributed by atoms with van der Waals surface area (Å²) < 4.78 is 11.7. The van der Waals surface area contributed by atoms with Crippen molar-refractivity contribution < 1.29 is 14.3 Å². The lowest BCUT2D eigenvalue weighted by atomic mass is 9.52. The Morgan fingerprint density at radius 1 is 1.15 bits per heavy atom. The number of methoxy groups -OCH3 is 2. The highest BCUT2D eigenvalue weighted by Crippen LogP contribution is 2.64. The Bertz CT molecular complexity index is 590. The van der Waals surface area contributed by atoms with E-state index in [1.165, 1.54) is 44.8 Å². The molecule has 0 spiro atoms. The first-order chi connectivity index (χ1) is 12.5. The molecule has 4 aliphatic rings. The van der Waals surface area contributed by atoms with Gasteiger partial charge < -0.3 is 14.3 Å². The number of ether oxygens (including phenoxy) is 2. The summed E-state index contributed by atoms with van der Waals surface area (Å²) in [4.78, 5) is 11.7. The standard InChI is InChI=1S/C23H36O3/c1-5-15-12-23(25-3,26-4)13-16-6-8-18-19(21(15)16)10-11-22(2)17(14-24)7-9-20(18)22/h14-15,17-20H,5-13H2,1-4H3/t15?,17?,18-,19+,20+,22-/m1/s1. The zero-order valence-electron chi connectivity index (χ0n) is 17.1. The SMILES string of the molecule is CCC1CC(OC)(OC)CC2=C1[C@H]1CC[C@]3(C)C(C=O)CC[C@H]3[C@@H]1CC2. The molecule has 0 heterocycles. The van der Waals surface area contributed by atoms with E-state index in [2.05, 4.69) is 13.8 Å². The van der Waals surface area contributed by atoms with Crippen LogP contribution in [-0.4, -0.2) is 26.3 Å². The Morgan fingerprint density at radius 2 is 1.92 bits per heavy atom. The van der Waals surface area contributed by atoms with Crippen molar-refractivity contribution in [2.45, 2.75) is 77.4 Å². The molecule has 26 heavy (non-hydrogen) atoms. The van der Waals surface area contributed by atoms with Crippen molar-refractivity contribution in [2.24, 2.45) is 35.0 Å². The molecule has 6 atom stereocenters. The summed E-state index contributed by atoms with van der Waals surface area (Å²) in [5.74, 6) is 2.78. The largest absolute Gasteiger partial charge is 0.353 e. The molecule has 0 N–H and O–H groups in total. The molecule has 3 nitrogen and oxygen atoms in total. The van der Waals surface area contributed by atoms with Crippen molar-refractivity contribution in [2.75, 3.05) is 14.2 Å². The lowest BCUT2D eigenvalue weighted by molar-refractivity contribution is -0.220. The summed E-state index contributed by atoms with van der Waals surface area (Å²) in [6.07, 6.45) is 11.8. The highest BCUT2D eigenvalue weighted by atomic mass is 16.7. The third-order valence-corrected chi connectivity index (χ3v) is 8.98. The number of aldehydes is 1. The normalized spacial score (nSPS) is 44.2. The van der Waals surface area contributed by atoms with Crippen LogP contribution in [0.25, 0.3) is 0 Å². The van der Waals surface area contributed by atoms with Crippen LogP contribution in [0.5, 0.6) is 0 Å². The van der Waals surface area contributed by atoms with Gasteiger partial charge in [-0.15, -0.1) is 0 Å². The minimum absolute atomic E-state index is 0.264. The summed E-state index contributed by atoms with van der Waals surface area (Å²) in [6, 6.07) is 0. The molecule has 2 fully saturated rings. The van der Waals surface area contributed by atoms with E-state index in [1.807, 2.05) is 0 Å². The number of hydrogen-bond acceptors (Lipinski definition) is 3. The fourth-order valence-corrected chi connectivity index (χ4v) is 7.51. The second-order valence-corrected chi connectivity index (χ2v) is 9.64. The Labute approximate surface area is 158 Å². The van der Waals surface area contributed by atoms with Crippen LogP contribution in [0.15, 0.2) is 11.1 Å². The topological polar surface area (TPSA) is 35.5 Å². The van der Waals surface area contributed by atoms with Gasteiger partial charge in [0.25, 0.3) is 0 Å². The molecule has 0 aliphatic heterocycles. The van der Waals surface area contributed by atoms with Gasteiger partial charge in [-0.1, -0.05) is 25.0 Å². The molecule has 0 aromatic rings. The Hall–Kier alpha value is -0.670. The fourth-order valence-electron chi connectivity index (χ4n) is 7.51. The minimum Gasteiger partial charge on any atom is -0.353 e. The number of carbonyl (C=O) groups excluding carboxylic acids is 1.